The van der Waals surface area contributed by atoms with Gasteiger partial charge < -0.3 is 15.2 Å². The number of hydrogen-bond donors (Lipinski definition) is 2. The Morgan fingerprint density at radius 1 is 1.35 bits per heavy atom. The second-order valence-electron chi connectivity index (χ2n) is 5.17. The summed E-state index contributed by atoms with van der Waals surface area (Å²) in [6.45, 7) is 9.07. The van der Waals surface area contributed by atoms with Crippen molar-refractivity contribution in [1.82, 2.24) is 5.32 Å². The van der Waals surface area contributed by atoms with E-state index in [1.807, 2.05) is 27.7 Å². The molecule has 0 aliphatic rings. The van der Waals surface area contributed by atoms with Crippen LogP contribution in [0, 0.1) is 5.92 Å². The lowest BCUT2D eigenvalue weighted by atomic mass is 9.99. The zero-order valence-corrected chi connectivity index (χ0v) is 11.2. The highest BCUT2D eigenvalue weighted by Gasteiger charge is 2.25. The molecular weight excluding hydrogens is 222 g/mol. The molecule has 0 rings (SSSR count). The van der Waals surface area contributed by atoms with Crippen LogP contribution in [0.1, 0.15) is 41.0 Å². The van der Waals surface area contributed by atoms with Gasteiger partial charge in [-0.25, -0.2) is 4.79 Å². The summed E-state index contributed by atoms with van der Waals surface area (Å²) in [4.78, 5) is 22.5. The Labute approximate surface area is 103 Å². The number of carboxylic acids is 1. The molecule has 0 radical (unpaired) electrons. The third-order valence-corrected chi connectivity index (χ3v) is 2.43. The van der Waals surface area contributed by atoms with E-state index in [4.69, 9.17) is 9.84 Å². The second kappa shape index (κ2) is 6.59. The van der Waals surface area contributed by atoms with Gasteiger partial charge in [0.25, 0.3) is 0 Å². The Hall–Kier alpha value is -1.10. The summed E-state index contributed by atoms with van der Waals surface area (Å²) >= 11 is 0. The standard InChI is InChI=1S/C12H23NO4/c1-6-8(2)10(11(15)16)13-9(14)7-17-12(3,4)5/h8,10H,6-7H2,1-5H3,(H,13,14)(H,15,16). The van der Waals surface area contributed by atoms with E-state index in [0.29, 0.717) is 6.42 Å². The molecular formula is C12H23NO4. The van der Waals surface area contributed by atoms with Crippen LogP contribution in [0.3, 0.4) is 0 Å². The molecule has 0 heterocycles. The van der Waals surface area contributed by atoms with Gasteiger partial charge in [0.2, 0.25) is 5.91 Å². The van der Waals surface area contributed by atoms with Crippen LogP contribution >= 0.6 is 0 Å². The van der Waals surface area contributed by atoms with Crippen molar-refractivity contribution < 1.29 is 19.4 Å². The molecule has 0 aromatic heterocycles. The van der Waals surface area contributed by atoms with Crippen LogP contribution in [0.15, 0.2) is 0 Å². The Morgan fingerprint density at radius 2 is 1.88 bits per heavy atom. The van der Waals surface area contributed by atoms with E-state index in [1.54, 1.807) is 6.92 Å². The summed E-state index contributed by atoms with van der Waals surface area (Å²) < 4.78 is 5.28. The maximum absolute atomic E-state index is 11.5. The molecule has 5 nitrogen and oxygen atoms in total. The maximum Gasteiger partial charge on any atom is 0.326 e. The average molecular weight is 245 g/mol. The molecule has 0 saturated carbocycles. The van der Waals surface area contributed by atoms with Gasteiger partial charge in [-0.2, -0.15) is 0 Å². The van der Waals surface area contributed by atoms with E-state index in [1.165, 1.54) is 0 Å². The van der Waals surface area contributed by atoms with Crippen LogP contribution in [0.25, 0.3) is 0 Å². The van der Waals surface area contributed by atoms with E-state index in [9.17, 15) is 9.59 Å². The molecule has 0 saturated heterocycles. The SMILES string of the molecule is CCC(C)C(NC(=O)COC(C)(C)C)C(=O)O. The van der Waals surface area contributed by atoms with Crippen LogP contribution in [-0.4, -0.2) is 35.2 Å². The predicted octanol–water partition coefficient (Wildman–Crippen LogP) is 1.42. The third-order valence-electron chi connectivity index (χ3n) is 2.43. The topological polar surface area (TPSA) is 75.6 Å². The number of aliphatic carboxylic acids is 1. The third kappa shape index (κ3) is 6.94. The van der Waals surface area contributed by atoms with Crippen molar-refractivity contribution >= 4 is 11.9 Å². The molecule has 5 heteroatoms. The van der Waals surface area contributed by atoms with Crippen molar-refractivity contribution in [3.8, 4) is 0 Å². The first-order valence-corrected chi connectivity index (χ1v) is 5.83. The summed E-state index contributed by atoms with van der Waals surface area (Å²) in [6, 6.07) is -0.851. The number of rotatable bonds is 6. The van der Waals surface area contributed by atoms with Crippen molar-refractivity contribution in [3.05, 3.63) is 0 Å². The molecule has 100 valence electrons. The highest BCUT2D eigenvalue weighted by atomic mass is 16.5. The van der Waals surface area contributed by atoms with Crippen molar-refractivity contribution in [2.75, 3.05) is 6.61 Å². The number of carbonyl (C=O) groups is 2. The monoisotopic (exact) mass is 245 g/mol. The van der Waals surface area contributed by atoms with Gasteiger partial charge in [0.15, 0.2) is 0 Å². The minimum Gasteiger partial charge on any atom is -0.480 e. The van der Waals surface area contributed by atoms with Gasteiger partial charge in [0.1, 0.15) is 12.6 Å². The lowest BCUT2D eigenvalue weighted by Crippen LogP contribution is -2.46. The molecule has 2 atom stereocenters. The lowest BCUT2D eigenvalue weighted by Gasteiger charge is -2.22. The largest absolute Gasteiger partial charge is 0.480 e. The number of nitrogens with one attached hydrogen (secondary N) is 1. The molecule has 1 amide bonds. The molecule has 0 aliphatic carbocycles. The number of amides is 1. The fourth-order valence-corrected chi connectivity index (χ4v) is 1.18. The van der Waals surface area contributed by atoms with Gasteiger partial charge in [0.05, 0.1) is 5.60 Å². The summed E-state index contributed by atoms with van der Waals surface area (Å²) in [7, 11) is 0. The first kappa shape index (κ1) is 15.9. The van der Waals surface area contributed by atoms with Crippen LogP contribution < -0.4 is 5.32 Å². The molecule has 0 spiro atoms. The van der Waals surface area contributed by atoms with Crippen LogP contribution in [0.5, 0.6) is 0 Å². The van der Waals surface area contributed by atoms with E-state index < -0.39 is 23.5 Å². The van der Waals surface area contributed by atoms with Crippen molar-refractivity contribution in [2.24, 2.45) is 5.92 Å². The summed E-state index contributed by atoms with van der Waals surface area (Å²) in [5.74, 6) is -1.51. The molecule has 0 aromatic rings. The van der Waals surface area contributed by atoms with Gasteiger partial charge in [0, 0.05) is 0 Å². The van der Waals surface area contributed by atoms with E-state index in [0.717, 1.165) is 0 Å². The van der Waals surface area contributed by atoms with E-state index >= 15 is 0 Å². The Bertz CT molecular complexity index is 270. The maximum atomic E-state index is 11.5. The minimum absolute atomic E-state index is 0.105. The first-order valence-electron chi connectivity index (χ1n) is 5.83. The quantitative estimate of drug-likeness (QED) is 0.742. The summed E-state index contributed by atoms with van der Waals surface area (Å²) in [5.41, 5.74) is -0.410. The fourth-order valence-electron chi connectivity index (χ4n) is 1.18. The van der Waals surface area contributed by atoms with Gasteiger partial charge in [-0.1, -0.05) is 20.3 Å². The highest BCUT2D eigenvalue weighted by Crippen LogP contribution is 2.09. The zero-order chi connectivity index (χ0) is 13.6. The zero-order valence-electron chi connectivity index (χ0n) is 11.2. The van der Waals surface area contributed by atoms with Gasteiger partial charge in [-0.05, 0) is 26.7 Å². The Balaban J connectivity index is 4.28. The molecule has 2 unspecified atom stereocenters. The summed E-state index contributed by atoms with van der Waals surface area (Å²) in [6.07, 6.45) is 0.692. The predicted molar refractivity (Wildman–Crippen MR) is 64.7 cm³/mol. The average Bonchev–Trinajstić information content (AvgIpc) is 2.20. The van der Waals surface area contributed by atoms with Crippen molar-refractivity contribution in [1.29, 1.82) is 0 Å². The van der Waals surface area contributed by atoms with Crippen LogP contribution in [-0.2, 0) is 14.3 Å². The minimum atomic E-state index is -1.01. The second-order valence-corrected chi connectivity index (χ2v) is 5.17. The molecule has 0 aliphatic heterocycles. The molecule has 0 bridgehead atoms. The van der Waals surface area contributed by atoms with Gasteiger partial charge in [-0.3, -0.25) is 4.79 Å². The normalized spacial score (nSPS) is 15.1. The molecule has 2 N–H and O–H groups in total. The fraction of sp³-hybridized carbons (Fsp3) is 0.833. The van der Waals surface area contributed by atoms with Crippen molar-refractivity contribution in [2.45, 2.75) is 52.7 Å². The van der Waals surface area contributed by atoms with Gasteiger partial charge >= 0.3 is 5.97 Å². The molecule has 17 heavy (non-hydrogen) atoms. The Morgan fingerprint density at radius 3 is 2.24 bits per heavy atom. The number of carbonyl (C=O) groups excluding carboxylic acids is 1. The number of ether oxygens (including phenoxy) is 1. The van der Waals surface area contributed by atoms with E-state index in [-0.39, 0.29) is 12.5 Å². The van der Waals surface area contributed by atoms with Gasteiger partial charge in [-0.15, -0.1) is 0 Å². The van der Waals surface area contributed by atoms with Crippen molar-refractivity contribution in [3.63, 3.8) is 0 Å². The first-order chi connectivity index (χ1) is 7.67. The lowest BCUT2D eigenvalue weighted by molar-refractivity contribution is -0.145. The number of hydrogen-bond acceptors (Lipinski definition) is 3. The molecule has 0 fully saturated rings. The van der Waals surface area contributed by atoms with Crippen LogP contribution in [0.4, 0.5) is 0 Å². The number of carboxylic acid groups (broad SMARTS) is 1. The smallest absolute Gasteiger partial charge is 0.326 e. The van der Waals surface area contributed by atoms with E-state index in [2.05, 4.69) is 5.32 Å². The Kier molecular flexibility index (Phi) is 6.16. The summed E-state index contributed by atoms with van der Waals surface area (Å²) in [5, 5.41) is 11.5. The molecule has 0 aromatic carbocycles. The highest BCUT2D eigenvalue weighted by molar-refractivity contribution is 5.84. The van der Waals surface area contributed by atoms with Crippen LogP contribution in [0.2, 0.25) is 0 Å².